The molecule has 28 heavy (non-hydrogen) atoms. The number of nitrogens with zero attached hydrogens (tertiary/aromatic N) is 6. The molecule has 0 aromatic carbocycles. The van der Waals surface area contributed by atoms with Gasteiger partial charge in [0, 0.05) is 23.2 Å². The molecule has 0 fully saturated rings. The molecule has 0 unspecified atom stereocenters. The van der Waals surface area contributed by atoms with Gasteiger partial charge in [0.1, 0.15) is 0 Å². The van der Waals surface area contributed by atoms with E-state index >= 15 is 0 Å². The van der Waals surface area contributed by atoms with Crippen LogP contribution in [0.15, 0.2) is 30.9 Å². The van der Waals surface area contributed by atoms with E-state index in [0.717, 1.165) is 17.6 Å². The zero-order valence-electron chi connectivity index (χ0n) is 15.4. The minimum absolute atomic E-state index is 0.0334. The molecule has 0 saturated carbocycles. The van der Waals surface area contributed by atoms with Crippen molar-refractivity contribution in [3.05, 3.63) is 35.7 Å². The first-order valence-corrected chi connectivity index (χ1v) is 9.77. The van der Waals surface area contributed by atoms with E-state index in [1.165, 1.54) is 15.0 Å². The van der Waals surface area contributed by atoms with Gasteiger partial charge in [-0.2, -0.15) is 21.0 Å². The summed E-state index contributed by atoms with van der Waals surface area (Å²) >= 11 is 1.70. The van der Waals surface area contributed by atoms with Crippen molar-refractivity contribution in [2.24, 2.45) is 5.84 Å². The maximum absolute atomic E-state index is 9.04. The number of hydrogen-bond donors (Lipinski definition) is 4. The van der Waals surface area contributed by atoms with Crippen molar-refractivity contribution in [1.29, 1.82) is 0 Å². The van der Waals surface area contributed by atoms with Gasteiger partial charge in [0.05, 0.1) is 54.2 Å². The molecular weight excluding hydrogens is 378 g/mol. The maximum atomic E-state index is 9.04. The van der Waals surface area contributed by atoms with Gasteiger partial charge in [-0.25, -0.2) is 10.4 Å². The summed E-state index contributed by atoms with van der Waals surface area (Å²) in [6, 6.07) is 2.14. The van der Waals surface area contributed by atoms with Gasteiger partial charge in [0.15, 0.2) is 0 Å². The molecule has 0 saturated heterocycles. The minimum atomic E-state index is 0.0334. The second kappa shape index (κ2) is 8.02. The van der Waals surface area contributed by atoms with Crippen LogP contribution in [0.4, 0.5) is 11.6 Å². The predicted molar refractivity (Wildman–Crippen MR) is 107 cm³/mol. The fourth-order valence-electron chi connectivity index (χ4n) is 2.95. The summed E-state index contributed by atoms with van der Waals surface area (Å²) in [7, 11) is 0. The van der Waals surface area contributed by atoms with E-state index in [-0.39, 0.29) is 6.61 Å². The summed E-state index contributed by atoms with van der Waals surface area (Å²) in [4.78, 5) is 10.2. The summed E-state index contributed by atoms with van der Waals surface area (Å²) in [5, 5.41) is 21.0. The topological polar surface area (TPSA) is 136 Å². The number of nitrogens with one attached hydrogen (secondary N) is 1. The van der Waals surface area contributed by atoms with Gasteiger partial charge < -0.3 is 10.4 Å². The Kier molecular flexibility index (Phi) is 5.30. The number of rotatable bonds is 8. The zero-order chi connectivity index (χ0) is 19.5. The number of aliphatic hydroxyl groups excluding tert-OH is 1. The van der Waals surface area contributed by atoms with Crippen LogP contribution >= 0.6 is 11.3 Å². The van der Waals surface area contributed by atoms with Crippen LogP contribution in [0.2, 0.25) is 0 Å². The summed E-state index contributed by atoms with van der Waals surface area (Å²) in [5.41, 5.74) is 4.10. The van der Waals surface area contributed by atoms with Gasteiger partial charge in [0.2, 0.25) is 5.82 Å². The Labute approximate surface area is 165 Å². The molecule has 0 aliphatic rings. The van der Waals surface area contributed by atoms with Crippen molar-refractivity contribution in [2.75, 3.05) is 11.9 Å². The lowest BCUT2D eigenvalue weighted by atomic mass is 10.2. The van der Waals surface area contributed by atoms with Crippen LogP contribution in [0.25, 0.3) is 21.5 Å². The molecule has 0 aliphatic carbocycles. The summed E-state index contributed by atoms with van der Waals surface area (Å²) in [6.45, 7) is 4.01. The normalized spacial score (nSPS) is 11.4. The number of hydrogen-bond acceptors (Lipinski definition) is 8. The van der Waals surface area contributed by atoms with Crippen LogP contribution in [0.3, 0.4) is 0 Å². The van der Waals surface area contributed by atoms with Gasteiger partial charge in [0.25, 0.3) is 5.82 Å². The Balaban J connectivity index is 1.55. The Hall–Kier alpha value is -2.86. The lowest BCUT2D eigenvalue weighted by molar-refractivity contribution is -0.587. The first-order chi connectivity index (χ1) is 13.7. The van der Waals surface area contributed by atoms with E-state index in [0.29, 0.717) is 30.4 Å². The molecule has 4 aromatic heterocycles. The number of aryl methyl sites for hydroxylation is 1. The number of nitrogens with two attached hydrogens (primary N) is 2. The number of fused-ring (bicyclic) bond motifs is 1. The van der Waals surface area contributed by atoms with E-state index in [4.69, 9.17) is 10.9 Å². The molecule has 4 rings (SSSR count). The second-order valence-electron chi connectivity index (χ2n) is 6.15. The standard InChI is InChI=1S/C17H21N9OS/c1-2-26-14-5-12(28-15(14)9-22-26)7-19-16-17(24-18)20-8-13(23-16)11-6-21-25(10-11)3-4-27/h5-6,8-10,27H,2-4,7,18H2,1H3,(H,19,23)(H,20,24)/p+1. The average molecular weight is 400 g/mol. The van der Waals surface area contributed by atoms with Gasteiger partial charge >= 0.3 is 0 Å². The Morgan fingerprint density at radius 3 is 2.96 bits per heavy atom. The molecule has 0 radical (unpaired) electrons. The van der Waals surface area contributed by atoms with Crippen LogP contribution in [-0.2, 0) is 19.6 Å². The van der Waals surface area contributed by atoms with Crippen LogP contribution < -0.4 is 16.6 Å². The first kappa shape index (κ1) is 18.5. The van der Waals surface area contributed by atoms with Crippen molar-refractivity contribution in [3.63, 3.8) is 0 Å². The van der Waals surface area contributed by atoms with Gasteiger partial charge in [-0.1, -0.05) is 0 Å². The molecule has 4 heterocycles. The van der Waals surface area contributed by atoms with Crippen LogP contribution in [0.5, 0.6) is 0 Å². The Morgan fingerprint density at radius 1 is 1.29 bits per heavy atom. The SMILES string of the molecule is CCn1ncc2sc(CNc3nc(-c4cnn(CCO)c4)cnc3[NH2+]N)cc21. The molecule has 0 amide bonds. The highest BCUT2D eigenvalue weighted by Gasteiger charge is 2.14. The molecule has 6 N–H and O–H groups in total. The fraction of sp³-hybridized carbons (Fsp3) is 0.294. The van der Waals surface area contributed by atoms with Crippen molar-refractivity contribution in [1.82, 2.24) is 29.5 Å². The Morgan fingerprint density at radius 2 is 2.18 bits per heavy atom. The first-order valence-electron chi connectivity index (χ1n) is 8.95. The minimum Gasteiger partial charge on any atom is -0.394 e. The van der Waals surface area contributed by atoms with Gasteiger partial charge in [-0.15, -0.1) is 11.3 Å². The van der Waals surface area contributed by atoms with Gasteiger partial charge in [-0.3, -0.25) is 9.36 Å². The molecule has 146 valence electrons. The monoisotopic (exact) mass is 400 g/mol. The van der Waals surface area contributed by atoms with Crippen molar-refractivity contribution in [3.8, 4) is 11.3 Å². The summed E-state index contributed by atoms with van der Waals surface area (Å²) in [5.74, 6) is 6.92. The number of aromatic nitrogens is 6. The molecule has 11 heteroatoms. The molecule has 10 nitrogen and oxygen atoms in total. The van der Waals surface area contributed by atoms with E-state index in [1.54, 1.807) is 28.4 Å². The number of quaternary nitrogens is 1. The molecule has 0 atom stereocenters. The molecule has 0 aliphatic heterocycles. The van der Waals surface area contributed by atoms with Gasteiger partial charge in [-0.05, 0) is 13.0 Å². The lowest BCUT2D eigenvalue weighted by Crippen LogP contribution is -2.86. The molecule has 0 spiro atoms. The zero-order valence-corrected chi connectivity index (χ0v) is 16.2. The predicted octanol–water partition coefficient (Wildman–Crippen LogP) is 0.444. The molecule has 4 aromatic rings. The third-order valence-corrected chi connectivity index (χ3v) is 5.39. The van der Waals surface area contributed by atoms with Crippen molar-refractivity contribution < 1.29 is 10.5 Å². The molecule has 0 bridgehead atoms. The van der Waals surface area contributed by atoms with Crippen LogP contribution in [0, 0.1) is 0 Å². The van der Waals surface area contributed by atoms with E-state index in [1.807, 2.05) is 17.1 Å². The van der Waals surface area contributed by atoms with E-state index < -0.39 is 0 Å². The summed E-state index contributed by atoms with van der Waals surface area (Å²) < 4.78 is 4.82. The highest BCUT2D eigenvalue weighted by Crippen LogP contribution is 2.27. The quantitative estimate of drug-likeness (QED) is 0.249. The second-order valence-corrected chi connectivity index (χ2v) is 7.32. The third kappa shape index (κ3) is 3.60. The van der Waals surface area contributed by atoms with E-state index in [2.05, 4.69) is 38.5 Å². The molecular formula is C17H22N9OS+. The maximum Gasteiger partial charge on any atom is 0.286 e. The number of anilines is 1. The fourth-order valence-corrected chi connectivity index (χ4v) is 3.91. The number of aliphatic hydroxyl groups is 1. The third-order valence-electron chi connectivity index (χ3n) is 4.33. The summed E-state index contributed by atoms with van der Waals surface area (Å²) in [6.07, 6.45) is 7.10. The lowest BCUT2D eigenvalue weighted by Gasteiger charge is -2.07. The Bertz CT molecular complexity index is 1080. The van der Waals surface area contributed by atoms with Crippen LogP contribution in [-0.4, -0.2) is 41.2 Å². The van der Waals surface area contributed by atoms with Crippen molar-refractivity contribution in [2.45, 2.75) is 26.6 Å². The average Bonchev–Trinajstić information content (AvgIpc) is 3.42. The van der Waals surface area contributed by atoms with Crippen LogP contribution in [0.1, 0.15) is 11.8 Å². The largest absolute Gasteiger partial charge is 0.394 e. The number of thiophene rings is 1. The highest BCUT2D eigenvalue weighted by molar-refractivity contribution is 7.19. The highest BCUT2D eigenvalue weighted by atomic mass is 32.1. The van der Waals surface area contributed by atoms with Crippen molar-refractivity contribution >= 4 is 33.2 Å². The van der Waals surface area contributed by atoms with E-state index in [9.17, 15) is 0 Å². The smallest absolute Gasteiger partial charge is 0.286 e.